The van der Waals surface area contributed by atoms with Crippen LogP contribution < -0.4 is 5.32 Å². The summed E-state index contributed by atoms with van der Waals surface area (Å²) in [7, 11) is 0. The molecule has 106 valence electrons. The van der Waals surface area contributed by atoms with E-state index in [4.69, 9.17) is 4.98 Å². The quantitative estimate of drug-likeness (QED) is 0.764. The van der Waals surface area contributed by atoms with E-state index >= 15 is 0 Å². The van der Waals surface area contributed by atoms with Crippen LogP contribution in [0.4, 0.5) is 0 Å². The first-order valence-corrected chi connectivity index (χ1v) is 7.37. The lowest BCUT2D eigenvalue weighted by atomic mass is 10.1. The molecule has 21 heavy (non-hydrogen) atoms. The number of hydrogen-bond donors (Lipinski definition) is 1. The van der Waals surface area contributed by atoms with Crippen LogP contribution in [0, 0.1) is 6.92 Å². The molecule has 0 aliphatic carbocycles. The van der Waals surface area contributed by atoms with Crippen LogP contribution in [0.2, 0.25) is 0 Å². The van der Waals surface area contributed by atoms with Crippen LogP contribution in [0.3, 0.4) is 0 Å². The Bertz CT molecular complexity index is 732. The lowest BCUT2D eigenvalue weighted by molar-refractivity contribution is 0.568. The molecule has 0 bridgehead atoms. The molecular formula is C19H20N2. The van der Waals surface area contributed by atoms with E-state index in [9.17, 15) is 0 Å². The van der Waals surface area contributed by atoms with Gasteiger partial charge in [0, 0.05) is 18.0 Å². The number of pyridine rings is 1. The van der Waals surface area contributed by atoms with E-state index in [2.05, 4.69) is 67.7 Å². The molecule has 0 aliphatic rings. The van der Waals surface area contributed by atoms with Gasteiger partial charge in [-0.25, -0.2) is 0 Å². The second-order valence-electron chi connectivity index (χ2n) is 5.51. The maximum absolute atomic E-state index is 4.69. The van der Waals surface area contributed by atoms with Gasteiger partial charge in [-0.05, 0) is 31.5 Å². The fourth-order valence-electron chi connectivity index (χ4n) is 2.44. The summed E-state index contributed by atoms with van der Waals surface area (Å²) in [6.45, 7) is 5.08. The molecule has 0 amide bonds. The predicted molar refractivity (Wildman–Crippen MR) is 88.2 cm³/mol. The Morgan fingerprint density at radius 3 is 2.52 bits per heavy atom. The highest BCUT2D eigenvalue weighted by molar-refractivity contribution is 5.78. The number of nitrogens with zero attached hydrogens (tertiary/aromatic N) is 1. The van der Waals surface area contributed by atoms with Gasteiger partial charge in [-0.3, -0.25) is 4.98 Å². The summed E-state index contributed by atoms with van der Waals surface area (Å²) in [6, 6.07) is 21.4. The minimum absolute atomic E-state index is 0.318. The number of para-hydroxylation sites is 1. The van der Waals surface area contributed by atoms with Gasteiger partial charge in [-0.1, -0.05) is 54.1 Å². The van der Waals surface area contributed by atoms with Gasteiger partial charge in [0.2, 0.25) is 0 Å². The van der Waals surface area contributed by atoms with E-state index in [1.165, 1.54) is 16.5 Å². The van der Waals surface area contributed by atoms with E-state index in [-0.39, 0.29) is 0 Å². The van der Waals surface area contributed by atoms with Gasteiger partial charge in [0.15, 0.2) is 0 Å². The molecule has 0 radical (unpaired) electrons. The molecule has 0 fully saturated rings. The number of aromatic nitrogens is 1. The molecule has 2 aromatic carbocycles. The number of fused-ring (bicyclic) bond motifs is 1. The molecular weight excluding hydrogens is 256 g/mol. The van der Waals surface area contributed by atoms with Crippen LogP contribution in [0.15, 0.2) is 60.7 Å². The van der Waals surface area contributed by atoms with Crippen molar-refractivity contribution in [3.63, 3.8) is 0 Å². The van der Waals surface area contributed by atoms with Crippen molar-refractivity contribution in [2.75, 3.05) is 0 Å². The molecule has 0 unspecified atom stereocenters. The SMILES string of the molecule is Cc1ccc([C@@H](C)NCc2ccc3ccccc3n2)cc1. The van der Waals surface area contributed by atoms with Crippen LogP contribution >= 0.6 is 0 Å². The van der Waals surface area contributed by atoms with E-state index in [1.807, 2.05) is 12.1 Å². The third-order valence-corrected chi connectivity index (χ3v) is 3.82. The summed E-state index contributed by atoms with van der Waals surface area (Å²) in [5.74, 6) is 0. The highest BCUT2D eigenvalue weighted by Gasteiger charge is 2.05. The molecule has 1 aromatic heterocycles. The largest absolute Gasteiger partial charge is 0.305 e. The summed E-state index contributed by atoms with van der Waals surface area (Å²) in [5, 5.41) is 4.72. The topological polar surface area (TPSA) is 24.9 Å². The molecule has 1 N–H and O–H groups in total. The summed E-state index contributed by atoms with van der Waals surface area (Å²) >= 11 is 0. The van der Waals surface area contributed by atoms with Crippen LogP contribution in [0.1, 0.15) is 29.8 Å². The zero-order valence-corrected chi connectivity index (χ0v) is 12.5. The highest BCUT2D eigenvalue weighted by atomic mass is 14.9. The Balaban J connectivity index is 1.69. The normalized spacial score (nSPS) is 12.5. The van der Waals surface area contributed by atoms with E-state index in [0.717, 1.165) is 17.8 Å². The van der Waals surface area contributed by atoms with Crippen molar-refractivity contribution in [3.8, 4) is 0 Å². The van der Waals surface area contributed by atoms with Gasteiger partial charge < -0.3 is 5.32 Å². The highest BCUT2D eigenvalue weighted by Crippen LogP contribution is 2.15. The second-order valence-corrected chi connectivity index (χ2v) is 5.51. The Morgan fingerprint density at radius 1 is 0.952 bits per heavy atom. The maximum atomic E-state index is 4.69. The minimum Gasteiger partial charge on any atom is -0.305 e. The lowest BCUT2D eigenvalue weighted by Crippen LogP contribution is -2.18. The van der Waals surface area contributed by atoms with E-state index in [1.54, 1.807) is 0 Å². The van der Waals surface area contributed by atoms with Crippen LogP contribution in [0.25, 0.3) is 10.9 Å². The first kappa shape index (κ1) is 13.8. The van der Waals surface area contributed by atoms with Gasteiger partial charge in [0.1, 0.15) is 0 Å². The fourth-order valence-corrected chi connectivity index (χ4v) is 2.44. The van der Waals surface area contributed by atoms with Crippen molar-refractivity contribution in [1.29, 1.82) is 0 Å². The monoisotopic (exact) mass is 276 g/mol. The zero-order chi connectivity index (χ0) is 14.7. The predicted octanol–water partition coefficient (Wildman–Crippen LogP) is 4.39. The van der Waals surface area contributed by atoms with Crippen molar-refractivity contribution in [2.24, 2.45) is 0 Å². The summed E-state index contributed by atoms with van der Waals surface area (Å²) in [5.41, 5.74) is 4.73. The van der Waals surface area contributed by atoms with Gasteiger partial charge >= 0.3 is 0 Å². The maximum Gasteiger partial charge on any atom is 0.0705 e. The molecule has 1 atom stereocenters. The van der Waals surface area contributed by atoms with Gasteiger partial charge in [-0.15, -0.1) is 0 Å². The molecule has 2 nitrogen and oxygen atoms in total. The first-order chi connectivity index (χ1) is 10.2. The van der Waals surface area contributed by atoms with Gasteiger partial charge in [0.05, 0.1) is 11.2 Å². The summed E-state index contributed by atoms with van der Waals surface area (Å²) < 4.78 is 0. The third-order valence-electron chi connectivity index (χ3n) is 3.82. The molecule has 1 heterocycles. The summed E-state index contributed by atoms with van der Waals surface area (Å²) in [6.07, 6.45) is 0. The molecule has 0 spiro atoms. The smallest absolute Gasteiger partial charge is 0.0705 e. The van der Waals surface area contributed by atoms with E-state index in [0.29, 0.717) is 6.04 Å². The Hall–Kier alpha value is -2.19. The van der Waals surface area contributed by atoms with Gasteiger partial charge in [-0.2, -0.15) is 0 Å². The first-order valence-electron chi connectivity index (χ1n) is 7.37. The number of hydrogen-bond acceptors (Lipinski definition) is 2. The molecule has 0 saturated carbocycles. The van der Waals surface area contributed by atoms with Crippen molar-refractivity contribution in [1.82, 2.24) is 10.3 Å². The molecule has 0 aliphatic heterocycles. The average molecular weight is 276 g/mol. The van der Waals surface area contributed by atoms with Gasteiger partial charge in [0.25, 0.3) is 0 Å². The number of benzene rings is 2. The molecule has 3 rings (SSSR count). The fraction of sp³-hybridized carbons (Fsp3) is 0.211. The van der Waals surface area contributed by atoms with Crippen molar-refractivity contribution in [2.45, 2.75) is 26.4 Å². The Morgan fingerprint density at radius 2 is 1.71 bits per heavy atom. The lowest BCUT2D eigenvalue weighted by Gasteiger charge is -2.14. The van der Waals surface area contributed by atoms with Crippen LogP contribution in [-0.2, 0) is 6.54 Å². The number of rotatable bonds is 4. The average Bonchev–Trinajstić information content (AvgIpc) is 2.53. The van der Waals surface area contributed by atoms with E-state index < -0.39 is 0 Å². The number of aryl methyl sites for hydroxylation is 1. The van der Waals surface area contributed by atoms with Crippen molar-refractivity contribution >= 4 is 10.9 Å². The Labute approximate surface area is 125 Å². The van der Waals surface area contributed by atoms with Crippen LogP contribution in [-0.4, -0.2) is 4.98 Å². The molecule has 0 saturated heterocycles. The third kappa shape index (κ3) is 3.29. The second kappa shape index (κ2) is 6.06. The standard InChI is InChI=1S/C19H20N2/c1-14-7-9-16(10-8-14)15(2)20-13-18-12-11-17-5-3-4-6-19(17)21-18/h3-12,15,20H,13H2,1-2H3/t15-/m1/s1. The Kier molecular flexibility index (Phi) is 3.98. The number of nitrogens with one attached hydrogen (secondary N) is 1. The molecule has 2 heteroatoms. The van der Waals surface area contributed by atoms with Crippen LogP contribution in [0.5, 0.6) is 0 Å². The minimum atomic E-state index is 0.318. The van der Waals surface area contributed by atoms with Crippen molar-refractivity contribution < 1.29 is 0 Å². The van der Waals surface area contributed by atoms with Crippen molar-refractivity contribution in [3.05, 3.63) is 77.5 Å². The zero-order valence-electron chi connectivity index (χ0n) is 12.5. The summed E-state index contributed by atoms with van der Waals surface area (Å²) in [4.78, 5) is 4.69. The molecule has 3 aromatic rings.